The van der Waals surface area contributed by atoms with Gasteiger partial charge in [-0.2, -0.15) is 4.31 Å². The summed E-state index contributed by atoms with van der Waals surface area (Å²) < 4.78 is 42.5. The highest BCUT2D eigenvalue weighted by molar-refractivity contribution is 7.89. The van der Waals surface area contributed by atoms with E-state index in [4.69, 9.17) is 0 Å². The molecule has 0 bridgehead atoms. The van der Waals surface area contributed by atoms with Gasteiger partial charge in [0.2, 0.25) is 10.0 Å². The minimum Gasteiger partial charge on any atom is -0.308 e. The fourth-order valence-electron chi connectivity index (χ4n) is 4.45. The van der Waals surface area contributed by atoms with Crippen molar-refractivity contribution in [2.24, 2.45) is 0 Å². The van der Waals surface area contributed by atoms with Crippen LogP contribution in [0.1, 0.15) is 41.3 Å². The largest absolute Gasteiger partial charge is 0.308 e. The van der Waals surface area contributed by atoms with Crippen molar-refractivity contribution in [3.8, 4) is 0 Å². The number of nitrogens with zero attached hydrogens (tertiary/aromatic N) is 5. The van der Waals surface area contributed by atoms with Gasteiger partial charge in [-0.1, -0.05) is 29.0 Å². The number of piperidine rings is 1. The summed E-state index contributed by atoms with van der Waals surface area (Å²) in [7, 11) is -3.80. The number of benzene rings is 2. The Hall–Kier alpha value is -3.44. The van der Waals surface area contributed by atoms with E-state index in [9.17, 15) is 17.6 Å². The number of sulfonamides is 1. The third kappa shape index (κ3) is 4.48. The maximum absolute atomic E-state index is 13.3. The fourth-order valence-corrected chi connectivity index (χ4v) is 5.98. The van der Waals surface area contributed by atoms with Crippen LogP contribution in [0.25, 0.3) is 11.2 Å². The molecule has 2 aromatic heterocycles. The van der Waals surface area contributed by atoms with Gasteiger partial charge in [0.1, 0.15) is 11.6 Å². The van der Waals surface area contributed by atoms with E-state index >= 15 is 0 Å². The Kier molecular flexibility index (Phi) is 5.97. The van der Waals surface area contributed by atoms with Crippen LogP contribution in [0, 0.1) is 19.7 Å². The molecule has 1 fully saturated rings. The summed E-state index contributed by atoms with van der Waals surface area (Å²) in [5.41, 5.74) is 3.36. The lowest BCUT2D eigenvalue weighted by Crippen LogP contribution is -2.39. The van der Waals surface area contributed by atoms with Crippen LogP contribution in [0.4, 0.5) is 4.39 Å². The number of rotatable bonds is 5. The Bertz CT molecular complexity index is 1560. The monoisotopic (exact) mass is 496 g/mol. The fraction of sp³-hybridized carbons (Fsp3) is 0.333. The number of fused-ring (bicyclic) bond motifs is 1. The van der Waals surface area contributed by atoms with Crippen molar-refractivity contribution < 1.29 is 12.8 Å². The standard InChI is InChI=1S/C24H25FN6O3S/c1-15-5-6-16(2)18(12-15)14-31-23-21(28-29-31)24(32)27-22(26-23)17-4-3-11-30(13-17)35(33,34)20-9-7-19(25)8-10-20/h5-10,12,17H,3-4,11,13-14H2,1-2H3,(H,26,27,32)/t17-/m0/s1. The van der Waals surface area contributed by atoms with Gasteiger partial charge in [-0.15, -0.1) is 5.10 Å². The summed E-state index contributed by atoms with van der Waals surface area (Å²) in [6, 6.07) is 10.9. The van der Waals surface area contributed by atoms with Crippen molar-refractivity contribution in [3.05, 3.63) is 81.2 Å². The topological polar surface area (TPSA) is 114 Å². The molecule has 1 aliphatic rings. The molecule has 3 heterocycles. The third-order valence-corrected chi connectivity index (χ3v) is 8.32. The first-order valence-corrected chi connectivity index (χ1v) is 12.8. The van der Waals surface area contributed by atoms with Crippen LogP contribution >= 0.6 is 0 Å². The molecule has 9 nitrogen and oxygen atoms in total. The second-order valence-electron chi connectivity index (χ2n) is 8.96. The van der Waals surface area contributed by atoms with E-state index in [0.29, 0.717) is 37.4 Å². The molecule has 5 rings (SSSR count). The number of halogens is 1. The first kappa shape index (κ1) is 23.3. The SMILES string of the molecule is Cc1ccc(C)c(Cn2nnc3c(=O)[nH]c([C@H]4CCCN(S(=O)(=O)c5ccc(F)cc5)C4)nc32)c1. The van der Waals surface area contributed by atoms with E-state index in [-0.39, 0.29) is 22.9 Å². The lowest BCUT2D eigenvalue weighted by atomic mass is 9.99. The lowest BCUT2D eigenvalue weighted by Gasteiger charge is -2.31. The number of H-pyrrole nitrogens is 1. The Morgan fingerprint density at radius 3 is 2.69 bits per heavy atom. The van der Waals surface area contributed by atoms with Crippen LogP contribution in [-0.4, -0.2) is 50.8 Å². The first-order chi connectivity index (χ1) is 16.7. The van der Waals surface area contributed by atoms with Gasteiger partial charge < -0.3 is 4.98 Å². The molecule has 1 N–H and O–H groups in total. The number of hydrogen-bond donors (Lipinski definition) is 1. The lowest BCUT2D eigenvalue weighted by molar-refractivity contribution is 0.309. The third-order valence-electron chi connectivity index (χ3n) is 6.44. The Balaban J connectivity index is 1.46. The van der Waals surface area contributed by atoms with Gasteiger partial charge in [-0.3, -0.25) is 4.79 Å². The van der Waals surface area contributed by atoms with Gasteiger partial charge in [0.15, 0.2) is 11.2 Å². The van der Waals surface area contributed by atoms with Gasteiger partial charge in [0, 0.05) is 19.0 Å². The number of nitrogens with one attached hydrogen (secondary N) is 1. The number of aromatic amines is 1. The molecule has 1 aliphatic heterocycles. The molecule has 0 saturated carbocycles. The minimum absolute atomic E-state index is 0.0345. The highest BCUT2D eigenvalue weighted by atomic mass is 32.2. The quantitative estimate of drug-likeness (QED) is 0.455. The van der Waals surface area contributed by atoms with E-state index in [2.05, 4.69) is 26.3 Å². The van der Waals surface area contributed by atoms with Crippen molar-refractivity contribution >= 4 is 21.2 Å². The van der Waals surface area contributed by atoms with Crippen LogP contribution in [0.2, 0.25) is 0 Å². The normalized spacial score (nSPS) is 17.2. The number of aromatic nitrogens is 5. The summed E-state index contributed by atoms with van der Waals surface area (Å²) in [5, 5.41) is 8.18. The molecule has 1 saturated heterocycles. The van der Waals surface area contributed by atoms with Crippen molar-refractivity contribution in [1.82, 2.24) is 29.3 Å². The van der Waals surface area contributed by atoms with Crippen LogP contribution in [0.3, 0.4) is 0 Å². The van der Waals surface area contributed by atoms with Crippen LogP contribution in [-0.2, 0) is 16.6 Å². The zero-order chi connectivity index (χ0) is 24.7. The van der Waals surface area contributed by atoms with E-state index in [1.54, 1.807) is 4.68 Å². The van der Waals surface area contributed by atoms with Crippen LogP contribution in [0.5, 0.6) is 0 Å². The Morgan fingerprint density at radius 2 is 1.91 bits per heavy atom. The molecule has 2 aromatic carbocycles. The minimum atomic E-state index is -3.80. The van der Waals surface area contributed by atoms with Crippen molar-refractivity contribution in [3.63, 3.8) is 0 Å². The van der Waals surface area contributed by atoms with Crippen LogP contribution in [0.15, 0.2) is 52.2 Å². The van der Waals surface area contributed by atoms with E-state index < -0.39 is 21.4 Å². The molecular weight excluding hydrogens is 471 g/mol. The zero-order valence-corrected chi connectivity index (χ0v) is 20.2. The predicted octanol–water partition coefficient (Wildman–Crippen LogP) is 2.89. The van der Waals surface area contributed by atoms with Gasteiger partial charge in [-0.25, -0.2) is 22.5 Å². The second-order valence-corrected chi connectivity index (χ2v) is 10.9. The molecule has 35 heavy (non-hydrogen) atoms. The summed E-state index contributed by atoms with van der Waals surface area (Å²) in [4.78, 5) is 20.3. The maximum Gasteiger partial charge on any atom is 0.281 e. The summed E-state index contributed by atoms with van der Waals surface area (Å²) in [6.45, 7) is 4.94. The molecular formula is C24H25FN6O3S. The van der Waals surface area contributed by atoms with Crippen molar-refractivity contribution in [2.75, 3.05) is 13.1 Å². The highest BCUT2D eigenvalue weighted by Crippen LogP contribution is 2.29. The molecule has 0 aliphatic carbocycles. The Labute approximate surface area is 201 Å². The van der Waals surface area contributed by atoms with Crippen molar-refractivity contribution in [2.45, 2.75) is 44.0 Å². The highest BCUT2D eigenvalue weighted by Gasteiger charge is 2.32. The summed E-state index contributed by atoms with van der Waals surface area (Å²) in [5.74, 6) is -0.396. The maximum atomic E-state index is 13.3. The molecule has 0 amide bonds. The molecule has 11 heteroatoms. The average Bonchev–Trinajstić information content (AvgIpc) is 3.25. The smallest absolute Gasteiger partial charge is 0.281 e. The summed E-state index contributed by atoms with van der Waals surface area (Å²) in [6.07, 6.45) is 1.27. The number of aryl methyl sites for hydroxylation is 2. The second kappa shape index (κ2) is 8.97. The predicted molar refractivity (Wildman–Crippen MR) is 128 cm³/mol. The molecule has 0 unspecified atom stereocenters. The van der Waals surface area contributed by atoms with Crippen molar-refractivity contribution in [1.29, 1.82) is 0 Å². The first-order valence-electron chi connectivity index (χ1n) is 11.4. The molecule has 182 valence electrons. The van der Waals surface area contributed by atoms with E-state index in [1.807, 2.05) is 26.0 Å². The zero-order valence-electron chi connectivity index (χ0n) is 19.4. The van der Waals surface area contributed by atoms with Gasteiger partial charge in [0.25, 0.3) is 5.56 Å². The number of hydrogen-bond acceptors (Lipinski definition) is 6. The summed E-state index contributed by atoms with van der Waals surface area (Å²) >= 11 is 0. The van der Waals surface area contributed by atoms with Gasteiger partial charge >= 0.3 is 0 Å². The van der Waals surface area contributed by atoms with Crippen LogP contribution < -0.4 is 5.56 Å². The molecule has 0 spiro atoms. The Morgan fingerprint density at radius 1 is 1.14 bits per heavy atom. The van der Waals surface area contributed by atoms with Gasteiger partial charge in [-0.05, 0) is 62.1 Å². The molecule has 4 aromatic rings. The average molecular weight is 497 g/mol. The van der Waals surface area contributed by atoms with E-state index in [1.165, 1.54) is 16.4 Å². The van der Waals surface area contributed by atoms with E-state index in [0.717, 1.165) is 28.8 Å². The molecule has 1 atom stereocenters. The van der Waals surface area contributed by atoms with Gasteiger partial charge in [0.05, 0.1) is 11.4 Å². The molecule has 0 radical (unpaired) electrons.